The number of nitrogens with zero attached hydrogens (tertiary/aromatic N) is 1. The summed E-state index contributed by atoms with van der Waals surface area (Å²) in [7, 11) is 0. The molecule has 0 saturated carbocycles. The second-order valence-corrected chi connectivity index (χ2v) is 8.97. The van der Waals surface area contributed by atoms with Crippen molar-refractivity contribution in [1.29, 1.82) is 10.8 Å². The van der Waals surface area contributed by atoms with Crippen molar-refractivity contribution in [2.24, 2.45) is 16.5 Å². The van der Waals surface area contributed by atoms with E-state index in [2.05, 4.69) is 17.2 Å². The molecule has 7 nitrogen and oxygen atoms in total. The highest BCUT2D eigenvalue weighted by molar-refractivity contribution is 5.94. The highest BCUT2D eigenvalue weighted by Gasteiger charge is 2.01. The fourth-order valence-electron chi connectivity index (χ4n) is 3.65. The van der Waals surface area contributed by atoms with Gasteiger partial charge in [-0.05, 0) is 75.6 Å². The van der Waals surface area contributed by atoms with Crippen molar-refractivity contribution in [3.8, 4) is 5.75 Å². The van der Waals surface area contributed by atoms with Crippen molar-refractivity contribution in [3.63, 3.8) is 0 Å². The molecule has 34 heavy (non-hydrogen) atoms. The number of nitrogen functional groups attached to an aromatic ring is 1. The average molecular weight is 473 g/mol. The standard InChI is InChI=1S/C27H48N6O/c1-2-3-20-32-27(31)33-21-12-8-6-4-5-7-10-14-24(28)15-11-9-13-22-34-25-18-16-23(17-19-25)26(29)30/h16-19,28H,2-15,20-22H2,1H3,(H3,29,30)(H3,31,32,33). The Bertz CT molecular complexity index is 702. The first-order valence-corrected chi connectivity index (χ1v) is 13.2. The molecule has 0 aliphatic heterocycles. The maximum Gasteiger partial charge on any atom is 0.188 e. The number of unbranched alkanes of at least 4 members (excludes halogenated alkanes) is 9. The lowest BCUT2D eigenvalue weighted by molar-refractivity contribution is 0.305. The number of amidine groups is 1. The van der Waals surface area contributed by atoms with Gasteiger partial charge in [0, 0.05) is 24.4 Å². The van der Waals surface area contributed by atoms with Gasteiger partial charge in [0.15, 0.2) is 5.96 Å². The molecule has 0 amide bonds. The minimum atomic E-state index is 0.0724. The molecular formula is C27H48N6O. The summed E-state index contributed by atoms with van der Waals surface area (Å²) in [4.78, 5) is 4.37. The fourth-order valence-corrected chi connectivity index (χ4v) is 3.65. The molecule has 1 aromatic rings. The minimum Gasteiger partial charge on any atom is -0.494 e. The van der Waals surface area contributed by atoms with Gasteiger partial charge in [0.25, 0.3) is 0 Å². The zero-order valence-electron chi connectivity index (χ0n) is 21.3. The predicted octanol–water partition coefficient (Wildman–Crippen LogP) is 5.75. The maximum atomic E-state index is 8.15. The third kappa shape index (κ3) is 16.1. The van der Waals surface area contributed by atoms with Gasteiger partial charge in [-0.25, -0.2) is 0 Å². The molecule has 0 heterocycles. The lowest BCUT2D eigenvalue weighted by Crippen LogP contribution is -2.32. The normalized spacial score (nSPS) is 11.4. The van der Waals surface area contributed by atoms with Gasteiger partial charge >= 0.3 is 0 Å². The van der Waals surface area contributed by atoms with Gasteiger partial charge in [0.05, 0.1) is 6.61 Å². The number of aliphatic imine (C=N–C) groups is 1. The molecule has 1 aromatic carbocycles. The first-order chi connectivity index (χ1) is 16.5. The van der Waals surface area contributed by atoms with Crippen LogP contribution in [0.5, 0.6) is 5.75 Å². The Balaban J connectivity index is 1.87. The average Bonchev–Trinajstić information content (AvgIpc) is 2.83. The summed E-state index contributed by atoms with van der Waals surface area (Å²) in [6.07, 6.45) is 15.8. The zero-order valence-corrected chi connectivity index (χ0v) is 21.3. The highest BCUT2D eigenvalue weighted by atomic mass is 16.5. The fraction of sp³-hybridized carbons (Fsp3) is 0.667. The van der Waals surface area contributed by atoms with Gasteiger partial charge in [0.1, 0.15) is 11.6 Å². The number of guanidine groups is 1. The Morgan fingerprint density at radius 3 is 2.03 bits per heavy atom. The van der Waals surface area contributed by atoms with Crippen LogP contribution in [-0.4, -0.2) is 37.2 Å². The minimum absolute atomic E-state index is 0.0724. The molecule has 0 bridgehead atoms. The van der Waals surface area contributed by atoms with Crippen LogP contribution in [0.15, 0.2) is 29.3 Å². The Morgan fingerprint density at radius 2 is 1.41 bits per heavy atom. The molecule has 7 N–H and O–H groups in total. The van der Waals surface area contributed by atoms with E-state index in [1.165, 1.54) is 38.5 Å². The largest absolute Gasteiger partial charge is 0.494 e. The van der Waals surface area contributed by atoms with E-state index in [1.807, 2.05) is 12.1 Å². The molecular weight excluding hydrogens is 424 g/mol. The van der Waals surface area contributed by atoms with Crippen LogP contribution in [0.4, 0.5) is 0 Å². The number of nitrogens with two attached hydrogens (primary N) is 2. The van der Waals surface area contributed by atoms with Crippen LogP contribution in [0.25, 0.3) is 0 Å². The van der Waals surface area contributed by atoms with Gasteiger partial charge in [-0.3, -0.25) is 10.4 Å². The van der Waals surface area contributed by atoms with E-state index in [4.69, 9.17) is 27.0 Å². The van der Waals surface area contributed by atoms with Crippen LogP contribution >= 0.6 is 0 Å². The number of hydrogen-bond donors (Lipinski definition) is 5. The molecule has 1 rings (SSSR count). The van der Waals surface area contributed by atoms with Gasteiger partial charge in [-0.15, -0.1) is 0 Å². The van der Waals surface area contributed by atoms with Crippen molar-refractivity contribution >= 4 is 17.5 Å². The lowest BCUT2D eigenvalue weighted by atomic mass is 10.0. The van der Waals surface area contributed by atoms with E-state index < -0.39 is 0 Å². The quantitative estimate of drug-likeness (QED) is 0.0884. The number of rotatable bonds is 21. The third-order valence-electron chi connectivity index (χ3n) is 5.81. The summed E-state index contributed by atoms with van der Waals surface area (Å²) in [6.45, 7) is 4.59. The van der Waals surface area contributed by atoms with Crippen molar-refractivity contribution in [3.05, 3.63) is 29.8 Å². The predicted molar refractivity (Wildman–Crippen MR) is 145 cm³/mol. The first kappa shape index (κ1) is 29.5. The Hall–Kier alpha value is -2.57. The number of ether oxygens (including phenoxy) is 1. The number of benzene rings is 1. The summed E-state index contributed by atoms with van der Waals surface area (Å²) in [6, 6.07) is 7.32. The molecule has 7 heteroatoms. The second-order valence-electron chi connectivity index (χ2n) is 8.97. The van der Waals surface area contributed by atoms with Gasteiger partial charge in [-0.1, -0.05) is 45.4 Å². The molecule has 0 unspecified atom stereocenters. The van der Waals surface area contributed by atoms with E-state index in [0.717, 1.165) is 75.9 Å². The Labute approximate surface area is 207 Å². The first-order valence-electron chi connectivity index (χ1n) is 13.2. The van der Waals surface area contributed by atoms with Crippen LogP contribution in [0.2, 0.25) is 0 Å². The SMILES string of the molecule is CCCCNC(N)=NCCCCCCCCCC(=N)CCCCCOc1ccc(C(=N)N)cc1. The van der Waals surface area contributed by atoms with Crippen LogP contribution in [0.1, 0.15) is 102 Å². The number of hydrogen-bond acceptors (Lipinski definition) is 4. The molecule has 0 aliphatic rings. The Morgan fingerprint density at radius 1 is 0.824 bits per heavy atom. The van der Waals surface area contributed by atoms with E-state index in [1.54, 1.807) is 12.1 Å². The molecule has 0 aliphatic carbocycles. The highest BCUT2D eigenvalue weighted by Crippen LogP contribution is 2.14. The van der Waals surface area contributed by atoms with Crippen molar-refractivity contribution < 1.29 is 4.74 Å². The number of nitrogens with one attached hydrogen (secondary N) is 3. The monoisotopic (exact) mass is 472 g/mol. The maximum absolute atomic E-state index is 8.15. The molecule has 0 saturated heterocycles. The smallest absolute Gasteiger partial charge is 0.188 e. The molecule has 0 aromatic heterocycles. The molecule has 0 spiro atoms. The topological polar surface area (TPSA) is 133 Å². The van der Waals surface area contributed by atoms with Crippen LogP contribution in [0, 0.1) is 10.8 Å². The van der Waals surface area contributed by atoms with Gasteiger partial charge < -0.3 is 26.9 Å². The summed E-state index contributed by atoms with van der Waals surface area (Å²) >= 11 is 0. The summed E-state index contributed by atoms with van der Waals surface area (Å²) in [5.41, 5.74) is 12.9. The molecule has 0 fully saturated rings. The van der Waals surface area contributed by atoms with E-state index in [-0.39, 0.29) is 5.84 Å². The zero-order chi connectivity index (χ0) is 24.9. The van der Waals surface area contributed by atoms with Crippen molar-refractivity contribution in [2.75, 3.05) is 19.7 Å². The van der Waals surface area contributed by atoms with Crippen LogP contribution in [-0.2, 0) is 0 Å². The summed E-state index contributed by atoms with van der Waals surface area (Å²) in [5.74, 6) is 1.47. The van der Waals surface area contributed by atoms with Gasteiger partial charge in [-0.2, -0.15) is 0 Å². The summed E-state index contributed by atoms with van der Waals surface area (Å²) < 4.78 is 5.73. The second kappa shape index (κ2) is 19.9. The van der Waals surface area contributed by atoms with Crippen molar-refractivity contribution in [2.45, 2.75) is 96.8 Å². The van der Waals surface area contributed by atoms with Crippen molar-refractivity contribution in [1.82, 2.24) is 5.32 Å². The van der Waals surface area contributed by atoms with Gasteiger partial charge in [0.2, 0.25) is 0 Å². The molecule has 192 valence electrons. The summed E-state index contributed by atoms with van der Waals surface area (Å²) in [5, 5.41) is 18.7. The van der Waals surface area contributed by atoms with E-state index in [0.29, 0.717) is 18.1 Å². The van der Waals surface area contributed by atoms with E-state index in [9.17, 15) is 0 Å². The molecule has 0 radical (unpaired) electrons. The molecule has 0 atom stereocenters. The van der Waals surface area contributed by atoms with Crippen LogP contribution in [0.3, 0.4) is 0 Å². The Kier molecular flexibility index (Phi) is 17.2. The van der Waals surface area contributed by atoms with Crippen LogP contribution < -0.4 is 21.5 Å². The van der Waals surface area contributed by atoms with E-state index >= 15 is 0 Å². The third-order valence-corrected chi connectivity index (χ3v) is 5.81. The lowest BCUT2D eigenvalue weighted by Gasteiger charge is -2.07.